The summed E-state index contributed by atoms with van der Waals surface area (Å²) in [6.45, 7) is 4.01. The van der Waals surface area contributed by atoms with Gasteiger partial charge in [0.15, 0.2) is 5.69 Å². The first-order valence-corrected chi connectivity index (χ1v) is 6.48. The summed E-state index contributed by atoms with van der Waals surface area (Å²) in [5, 5.41) is 14.5. The SMILES string of the molecule is CCNc1nc(NC(CC)CCO)cc(C(F)(F)F)n1. The molecule has 0 aliphatic rings. The third kappa shape index (κ3) is 4.84. The molecule has 3 N–H and O–H groups in total. The van der Waals surface area contributed by atoms with E-state index in [1.807, 2.05) is 6.92 Å². The van der Waals surface area contributed by atoms with E-state index in [2.05, 4.69) is 20.6 Å². The Morgan fingerprint density at radius 2 is 2.00 bits per heavy atom. The Balaban J connectivity index is 3.02. The molecule has 0 saturated carbocycles. The first kappa shape index (κ1) is 16.5. The van der Waals surface area contributed by atoms with Crippen LogP contribution in [0.4, 0.5) is 24.9 Å². The van der Waals surface area contributed by atoms with Gasteiger partial charge in [0, 0.05) is 25.3 Å². The summed E-state index contributed by atoms with van der Waals surface area (Å²) < 4.78 is 38.3. The van der Waals surface area contributed by atoms with Crippen molar-refractivity contribution in [3.63, 3.8) is 0 Å². The molecule has 0 aliphatic heterocycles. The van der Waals surface area contributed by atoms with Gasteiger partial charge in [0.1, 0.15) is 5.82 Å². The van der Waals surface area contributed by atoms with Crippen LogP contribution < -0.4 is 10.6 Å². The predicted octanol–water partition coefficient (Wildman–Crippen LogP) is 2.50. The zero-order valence-corrected chi connectivity index (χ0v) is 11.5. The van der Waals surface area contributed by atoms with Crippen molar-refractivity contribution in [2.24, 2.45) is 0 Å². The number of alkyl halides is 3. The van der Waals surface area contributed by atoms with Gasteiger partial charge < -0.3 is 15.7 Å². The van der Waals surface area contributed by atoms with E-state index in [0.29, 0.717) is 19.4 Å². The minimum absolute atomic E-state index is 0.0389. The maximum absolute atomic E-state index is 12.8. The summed E-state index contributed by atoms with van der Waals surface area (Å²) >= 11 is 0. The molecule has 0 saturated heterocycles. The van der Waals surface area contributed by atoms with Gasteiger partial charge in [-0.1, -0.05) is 6.92 Å². The van der Waals surface area contributed by atoms with Gasteiger partial charge in [0.2, 0.25) is 5.95 Å². The van der Waals surface area contributed by atoms with Crippen LogP contribution in [0.15, 0.2) is 6.07 Å². The average molecular weight is 292 g/mol. The highest BCUT2D eigenvalue weighted by Gasteiger charge is 2.33. The molecule has 5 nitrogen and oxygen atoms in total. The molecule has 1 atom stereocenters. The third-order valence-electron chi connectivity index (χ3n) is 2.67. The second-order valence-electron chi connectivity index (χ2n) is 4.25. The molecule has 0 spiro atoms. The number of aliphatic hydroxyl groups excluding tert-OH is 1. The van der Waals surface area contributed by atoms with Gasteiger partial charge in [0.05, 0.1) is 0 Å². The highest BCUT2D eigenvalue weighted by molar-refractivity contribution is 5.43. The van der Waals surface area contributed by atoms with Crippen LogP contribution in [0.1, 0.15) is 32.4 Å². The quantitative estimate of drug-likeness (QED) is 0.720. The number of rotatable bonds is 7. The molecular weight excluding hydrogens is 273 g/mol. The molecule has 1 heterocycles. The molecule has 0 bridgehead atoms. The molecule has 1 rings (SSSR count). The van der Waals surface area contributed by atoms with E-state index in [1.54, 1.807) is 6.92 Å². The highest BCUT2D eigenvalue weighted by atomic mass is 19.4. The van der Waals surface area contributed by atoms with E-state index in [9.17, 15) is 13.2 Å². The van der Waals surface area contributed by atoms with Gasteiger partial charge >= 0.3 is 6.18 Å². The van der Waals surface area contributed by atoms with Gasteiger partial charge in [-0.25, -0.2) is 4.98 Å². The molecule has 0 fully saturated rings. The van der Waals surface area contributed by atoms with Crippen molar-refractivity contribution in [3.05, 3.63) is 11.8 Å². The average Bonchev–Trinajstić information content (AvgIpc) is 2.37. The summed E-state index contributed by atoms with van der Waals surface area (Å²) in [6.07, 6.45) is -3.41. The summed E-state index contributed by atoms with van der Waals surface area (Å²) in [5.41, 5.74) is -0.996. The van der Waals surface area contributed by atoms with E-state index < -0.39 is 11.9 Å². The molecule has 8 heteroatoms. The molecule has 1 unspecified atom stereocenters. The molecule has 114 valence electrons. The number of nitrogens with zero attached hydrogens (tertiary/aromatic N) is 2. The van der Waals surface area contributed by atoms with Gasteiger partial charge in [0.25, 0.3) is 0 Å². The number of aliphatic hydroxyl groups is 1. The van der Waals surface area contributed by atoms with Crippen LogP contribution in [0.5, 0.6) is 0 Å². The lowest BCUT2D eigenvalue weighted by atomic mass is 10.1. The largest absolute Gasteiger partial charge is 0.433 e. The first-order chi connectivity index (χ1) is 9.40. The maximum atomic E-state index is 12.8. The Kier molecular flexibility index (Phi) is 6.00. The minimum Gasteiger partial charge on any atom is -0.396 e. The Morgan fingerprint density at radius 3 is 2.50 bits per heavy atom. The Labute approximate surface area is 115 Å². The number of hydrogen-bond donors (Lipinski definition) is 3. The van der Waals surface area contributed by atoms with Crippen molar-refractivity contribution in [2.75, 3.05) is 23.8 Å². The van der Waals surface area contributed by atoms with Crippen LogP contribution in [0.2, 0.25) is 0 Å². The molecule has 0 aliphatic carbocycles. The van der Waals surface area contributed by atoms with Crippen molar-refractivity contribution in [3.8, 4) is 0 Å². The Morgan fingerprint density at radius 1 is 1.30 bits per heavy atom. The predicted molar refractivity (Wildman–Crippen MR) is 70.6 cm³/mol. The Hall–Kier alpha value is -1.57. The highest BCUT2D eigenvalue weighted by Crippen LogP contribution is 2.29. The van der Waals surface area contributed by atoms with Crippen molar-refractivity contribution in [1.29, 1.82) is 0 Å². The van der Waals surface area contributed by atoms with Crippen molar-refractivity contribution in [1.82, 2.24) is 9.97 Å². The fourth-order valence-electron chi connectivity index (χ4n) is 1.65. The smallest absolute Gasteiger partial charge is 0.396 e. The standard InChI is InChI=1S/C12H19F3N4O/c1-3-8(5-6-20)17-10-7-9(12(13,14)15)18-11(19-10)16-4-2/h7-8,20H,3-6H2,1-2H3,(H2,16,17,18,19). The topological polar surface area (TPSA) is 70.1 Å². The fourth-order valence-corrected chi connectivity index (χ4v) is 1.65. The second-order valence-corrected chi connectivity index (χ2v) is 4.25. The monoisotopic (exact) mass is 292 g/mol. The zero-order valence-electron chi connectivity index (χ0n) is 11.5. The van der Waals surface area contributed by atoms with Gasteiger partial charge in [-0.2, -0.15) is 18.2 Å². The zero-order chi connectivity index (χ0) is 15.2. The van der Waals surface area contributed by atoms with Crippen molar-refractivity contribution < 1.29 is 18.3 Å². The van der Waals surface area contributed by atoms with E-state index in [1.165, 1.54) is 0 Å². The molecule has 1 aromatic rings. The first-order valence-electron chi connectivity index (χ1n) is 6.48. The van der Waals surface area contributed by atoms with Crippen molar-refractivity contribution >= 4 is 11.8 Å². The van der Waals surface area contributed by atoms with Crippen molar-refractivity contribution in [2.45, 2.75) is 38.9 Å². The van der Waals surface area contributed by atoms with Crippen LogP contribution in [0.3, 0.4) is 0 Å². The Bertz CT molecular complexity index is 426. The number of aromatic nitrogens is 2. The van der Waals surface area contributed by atoms with E-state index in [0.717, 1.165) is 6.07 Å². The minimum atomic E-state index is -4.53. The van der Waals surface area contributed by atoms with Gasteiger partial charge in [-0.05, 0) is 19.8 Å². The van der Waals surface area contributed by atoms with Gasteiger partial charge in [-0.15, -0.1) is 0 Å². The normalized spacial score (nSPS) is 13.1. The van der Waals surface area contributed by atoms with E-state index in [-0.39, 0.29) is 24.4 Å². The van der Waals surface area contributed by atoms with Crippen LogP contribution in [0, 0.1) is 0 Å². The summed E-state index contributed by atoms with van der Waals surface area (Å²) in [6, 6.07) is 0.742. The third-order valence-corrected chi connectivity index (χ3v) is 2.67. The number of nitrogens with one attached hydrogen (secondary N) is 2. The van der Waals surface area contributed by atoms with E-state index >= 15 is 0 Å². The number of halogens is 3. The summed E-state index contributed by atoms with van der Waals surface area (Å²) in [7, 11) is 0. The molecular formula is C12H19F3N4O. The van der Waals surface area contributed by atoms with Crippen LogP contribution >= 0.6 is 0 Å². The van der Waals surface area contributed by atoms with Crippen LogP contribution in [0.25, 0.3) is 0 Å². The van der Waals surface area contributed by atoms with Crippen LogP contribution in [-0.4, -0.2) is 34.3 Å². The summed E-state index contributed by atoms with van der Waals surface area (Å²) in [4.78, 5) is 7.43. The fraction of sp³-hybridized carbons (Fsp3) is 0.667. The van der Waals surface area contributed by atoms with Crippen LogP contribution in [-0.2, 0) is 6.18 Å². The van der Waals surface area contributed by atoms with E-state index in [4.69, 9.17) is 5.11 Å². The molecule has 1 aromatic heterocycles. The second kappa shape index (κ2) is 7.28. The molecule has 0 radical (unpaired) electrons. The summed E-state index contributed by atoms with van der Waals surface area (Å²) in [5.74, 6) is 0.0345. The lowest BCUT2D eigenvalue weighted by molar-refractivity contribution is -0.141. The maximum Gasteiger partial charge on any atom is 0.433 e. The number of hydrogen-bond acceptors (Lipinski definition) is 5. The van der Waals surface area contributed by atoms with Gasteiger partial charge in [-0.3, -0.25) is 0 Å². The number of anilines is 2. The molecule has 0 aromatic carbocycles. The lowest BCUT2D eigenvalue weighted by Crippen LogP contribution is -2.22. The molecule has 0 amide bonds. The molecule has 20 heavy (non-hydrogen) atoms. The lowest BCUT2D eigenvalue weighted by Gasteiger charge is -2.18.